The van der Waals surface area contributed by atoms with Crippen molar-refractivity contribution in [2.24, 2.45) is 0 Å². The average Bonchev–Trinajstić information content (AvgIpc) is 3.32. The number of likely N-dealkylation sites (N-methyl/N-ethyl adjacent to an activating group) is 1. The Labute approximate surface area is 135 Å². The second-order valence-corrected chi connectivity index (χ2v) is 7.67. The average molecular weight is 340 g/mol. The molecule has 0 aliphatic heterocycles. The molecule has 1 aromatic carbocycles. The molecule has 1 fully saturated rings. The second kappa shape index (κ2) is 6.67. The Kier molecular flexibility index (Phi) is 5.06. The molecule has 0 radical (unpaired) electrons. The van der Waals surface area contributed by atoms with Gasteiger partial charge < -0.3 is 10.0 Å². The van der Waals surface area contributed by atoms with Gasteiger partial charge in [0.05, 0.1) is 11.4 Å². The summed E-state index contributed by atoms with van der Waals surface area (Å²) in [6, 6.07) is 6.73. The van der Waals surface area contributed by atoms with Gasteiger partial charge in [-0.05, 0) is 31.9 Å². The fraction of sp³-hybridized carbons (Fsp3) is 0.467. The van der Waals surface area contributed by atoms with Crippen LogP contribution in [0.25, 0.3) is 0 Å². The summed E-state index contributed by atoms with van der Waals surface area (Å²) in [5, 5.41) is 9.12. The van der Waals surface area contributed by atoms with Crippen molar-refractivity contribution in [2.75, 3.05) is 13.6 Å². The fourth-order valence-electron chi connectivity index (χ4n) is 2.34. The molecule has 7 nitrogen and oxygen atoms in total. The van der Waals surface area contributed by atoms with Crippen molar-refractivity contribution in [1.29, 1.82) is 0 Å². The molecule has 0 spiro atoms. The Morgan fingerprint density at radius 1 is 1.26 bits per heavy atom. The van der Waals surface area contributed by atoms with Crippen molar-refractivity contribution in [2.45, 2.75) is 36.7 Å². The molecule has 1 aromatic rings. The first-order valence-electron chi connectivity index (χ1n) is 7.30. The van der Waals surface area contributed by atoms with E-state index >= 15 is 0 Å². The number of aliphatic carboxylic acids is 1. The van der Waals surface area contributed by atoms with Crippen LogP contribution in [0.1, 0.15) is 19.8 Å². The topological polar surface area (TPSA) is 95.0 Å². The van der Waals surface area contributed by atoms with Crippen molar-refractivity contribution in [3.8, 4) is 0 Å². The maximum Gasteiger partial charge on any atom is 0.326 e. The monoisotopic (exact) mass is 340 g/mol. The lowest BCUT2D eigenvalue weighted by atomic mass is 10.2. The van der Waals surface area contributed by atoms with Crippen LogP contribution in [-0.4, -0.2) is 60.3 Å². The summed E-state index contributed by atoms with van der Waals surface area (Å²) in [5.74, 6) is -1.59. The molecule has 0 saturated heterocycles. The third-order valence-electron chi connectivity index (χ3n) is 3.81. The number of carbonyl (C=O) groups is 2. The van der Waals surface area contributed by atoms with Gasteiger partial charge in [0.1, 0.15) is 6.04 Å². The lowest BCUT2D eigenvalue weighted by Gasteiger charge is -2.28. The van der Waals surface area contributed by atoms with Gasteiger partial charge in [0.2, 0.25) is 15.9 Å². The highest BCUT2D eigenvalue weighted by molar-refractivity contribution is 7.89. The first kappa shape index (κ1) is 17.4. The number of carboxylic acids is 1. The zero-order valence-corrected chi connectivity index (χ0v) is 13.9. The zero-order valence-electron chi connectivity index (χ0n) is 13.0. The molecule has 1 N–H and O–H groups in total. The lowest BCUT2D eigenvalue weighted by molar-refractivity contribution is -0.150. The maximum absolute atomic E-state index is 12.4. The highest BCUT2D eigenvalue weighted by atomic mass is 32.2. The maximum atomic E-state index is 12.4. The molecular formula is C15H20N2O5S. The van der Waals surface area contributed by atoms with Crippen molar-refractivity contribution in [3.63, 3.8) is 0 Å². The highest BCUT2D eigenvalue weighted by Gasteiger charge is 2.39. The van der Waals surface area contributed by atoms with Gasteiger partial charge in [-0.15, -0.1) is 0 Å². The molecule has 0 heterocycles. The number of carbonyl (C=O) groups excluding carboxylic acids is 1. The SMILES string of the molecule is CC(C(=O)O)N(C(=O)CN(C)S(=O)(=O)c1ccccc1)C1CC1. The van der Waals surface area contributed by atoms with Gasteiger partial charge in [0.25, 0.3) is 0 Å². The van der Waals surface area contributed by atoms with E-state index in [9.17, 15) is 18.0 Å². The molecule has 2 rings (SSSR count). The van der Waals surface area contributed by atoms with E-state index in [0.29, 0.717) is 0 Å². The molecule has 0 bridgehead atoms. The third-order valence-corrected chi connectivity index (χ3v) is 5.63. The van der Waals surface area contributed by atoms with E-state index < -0.39 is 27.9 Å². The molecule has 8 heteroatoms. The van der Waals surface area contributed by atoms with Crippen molar-refractivity contribution in [3.05, 3.63) is 30.3 Å². The smallest absolute Gasteiger partial charge is 0.326 e. The van der Waals surface area contributed by atoms with Gasteiger partial charge >= 0.3 is 5.97 Å². The number of sulfonamides is 1. The summed E-state index contributed by atoms with van der Waals surface area (Å²) >= 11 is 0. The van der Waals surface area contributed by atoms with Gasteiger partial charge in [-0.1, -0.05) is 18.2 Å². The van der Waals surface area contributed by atoms with E-state index in [-0.39, 0.29) is 17.5 Å². The number of nitrogens with zero attached hydrogens (tertiary/aromatic N) is 2. The summed E-state index contributed by atoms with van der Waals surface area (Å²) in [4.78, 5) is 24.9. The number of rotatable bonds is 7. The van der Waals surface area contributed by atoms with E-state index in [1.165, 1.54) is 31.0 Å². The van der Waals surface area contributed by atoms with Crippen LogP contribution in [-0.2, 0) is 19.6 Å². The van der Waals surface area contributed by atoms with Gasteiger partial charge in [-0.2, -0.15) is 4.31 Å². The van der Waals surface area contributed by atoms with Crippen LogP contribution in [0.15, 0.2) is 35.2 Å². The van der Waals surface area contributed by atoms with E-state index in [0.717, 1.165) is 17.1 Å². The van der Waals surface area contributed by atoms with E-state index in [4.69, 9.17) is 5.11 Å². The molecule has 1 saturated carbocycles. The Balaban J connectivity index is 2.13. The molecule has 1 amide bonds. The predicted octanol–water partition coefficient (Wildman–Crippen LogP) is 0.771. The van der Waals surface area contributed by atoms with Crippen LogP contribution in [0.4, 0.5) is 0 Å². The first-order valence-corrected chi connectivity index (χ1v) is 8.74. The number of hydrogen-bond acceptors (Lipinski definition) is 4. The molecule has 126 valence electrons. The number of carboxylic acid groups (broad SMARTS) is 1. The van der Waals surface area contributed by atoms with Gasteiger partial charge in [0, 0.05) is 13.1 Å². The first-order chi connectivity index (χ1) is 10.7. The van der Waals surface area contributed by atoms with E-state index in [1.807, 2.05) is 0 Å². The molecule has 1 unspecified atom stereocenters. The Hall–Kier alpha value is -1.93. The molecule has 1 atom stereocenters. The van der Waals surface area contributed by atoms with E-state index in [2.05, 4.69) is 0 Å². The Bertz CT molecular complexity index is 685. The highest BCUT2D eigenvalue weighted by Crippen LogP contribution is 2.29. The molecule has 1 aliphatic rings. The van der Waals surface area contributed by atoms with Crippen LogP contribution in [0.5, 0.6) is 0 Å². The van der Waals surface area contributed by atoms with Crippen LogP contribution in [0.2, 0.25) is 0 Å². The summed E-state index contributed by atoms with van der Waals surface area (Å²) in [7, 11) is -2.46. The lowest BCUT2D eigenvalue weighted by Crippen LogP contribution is -2.49. The zero-order chi connectivity index (χ0) is 17.2. The summed E-state index contributed by atoms with van der Waals surface area (Å²) in [6.45, 7) is 1.05. The fourth-order valence-corrected chi connectivity index (χ4v) is 3.48. The van der Waals surface area contributed by atoms with Crippen molar-refractivity contribution >= 4 is 21.9 Å². The van der Waals surface area contributed by atoms with Gasteiger partial charge in [0.15, 0.2) is 0 Å². The minimum Gasteiger partial charge on any atom is -0.480 e. The number of amides is 1. The minimum atomic E-state index is -3.78. The van der Waals surface area contributed by atoms with Crippen molar-refractivity contribution in [1.82, 2.24) is 9.21 Å². The molecule has 1 aliphatic carbocycles. The number of hydrogen-bond donors (Lipinski definition) is 1. The summed E-state index contributed by atoms with van der Waals surface area (Å²) in [5.41, 5.74) is 0. The normalized spacial score (nSPS) is 16.1. The number of benzene rings is 1. The quantitative estimate of drug-likeness (QED) is 0.791. The van der Waals surface area contributed by atoms with Crippen molar-refractivity contribution < 1.29 is 23.1 Å². The largest absolute Gasteiger partial charge is 0.480 e. The Morgan fingerprint density at radius 2 is 1.83 bits per heavy atom. The summed E-state index contributed by atoms with van der Waals surface area (Å²) in [6.07, 6.45) is 1.50. The van der Waals surface area contributed by atoms with Crippen LogP contribution in [0, 0.1) is 0 Å². The standard InChI is InChI=1S/C15H20N2O5S/c1-11(15(19)20)17(12-8-9-12)14(18)10-16(2)23(21,22)13-6-4-3-5-7-13/h3-7,11-12H,8-10H2,1-2H3,(H,19,20). The minimum absolute atomic E-state index is 0.0968. The Morgan fingerprint density at radius 3 is 2.30 bits per heavy atom. The third kappa shape index (κ3) is 3.89. The van der Waals surface area contributed by atoms with E-state index in [1.54, 1.807) is 18.2 Å². The van der Waals surface area contributed by atoms with Gasteiger partial charge in [-0.25, -0.2) is 13.2 Å². The summed E-state index contributed by atoms with van der Waals surface area (Å²) < 4.78 is 25.8. The molecule has 0 aromatic heterocycles. The van der Waals surface area contributed by atoms with Crippen LogP contribution in [0.3, 0.4) is 0 Å². The van der Waals surface area contributed by atoms with Crippen LogP contribution < -0.4 is 0 Å². The molecular weight excluding hydrogens is 320 g/mol. The molecule has 23 heavy (non-hydrogen) atoms. The second-order valence-electron chi connectivity index (χ2n) is 5.62. The van der Waals surface area contributed by atoms with Crippen LogP contribution >= 0.6 is 0 Å². The van der Waals surface area contributed by atoms with Gasteiger partial charge in [-0.3, -0.25) is 4.79 Å². The predicted molar refractivity (Wildman–Crippen MR) is 83.2 cm³/mol.